The highest BCUT2D eigenvalue weighted by atomic mass is 32.2. The number of nitrogens with one attached hydrogen (secondary N) is 1. The molecule has 1 aliphatic heterocycles. The van der Waals surface area contributed by atoms with Crippen molar-refractivity contribution in [2.24, 2.45) is 0 Å². The molecule has 1 atom stereocenters. The molecule has 1 aromatic heterocycles. The number of sulfone groups is 1. The highest BCUT2D eigenvalue weighted by molar-refractivity contribution is 7.91. The van der Waals surface area contributed by atoms with Crippen LogP contribution in [-0.4, -0.2) is 36.1 Å². The summed E-state index contributed by atoms with van der Waals surface area (Å²) >= 11 is 0. The van der Waals surface area contributed by atoms with Gasteiger partial charge < -0.3 is 9.84 Å². The Balaban J connectivity index is 1.65. The molecule has 1 saturated heterocycles. The molecule has 6 nitrogen and oxygen atoms in total. The lowest BCUT2D eigenvalue weighted by atomic mass is 10.1. The smallest absolute Gasteiger partial charge is 0.240 e. The molecule has 0 radical (unpaired) electrons. The molecule has 0 spiro atoms. The van der Waals surface area contributed by atoms with Crippen molar-refractivity contribution in [2.75, 3.05) is 11.5 Å². The van der Waals surface area contributed by atoms with Gasteiger partial charge in [0.2, 0.25) is 11.7 Å². The van der Waals surface area contributed by atoms with Crippen molar-refractivity contribution in [3.8, 4) is 11.4 Å². The molecule has 1 aromatic carbocycles. The van der Waals surface area contributed by atoms with Crippen molar-refractivity contribution < 1.29 is 12.9 Å². The van der Waals surface area contributed by atoms with Crippen LogP contribution in [-0.2, 0) is 16.4 Å². The lowest BCUT2D eigenvalue weighted by Crippen LogP contribution is -2.29. The number of benzene rings is 1. The molecule has 1 N–H and O–H groups in total. The maximum Gasteiger partial charge on any atom is 0.240 e. The van der Waals surface area contributed by atoms with Gasteiger partial charge in [0.1, 0.15) is 0 Å². The fourth-order valence-corrected chi connectivity index (χ4v) is 4.16. The predicted octanol–water partition coefficient (Wildman–Crippen LogP) is 1.32. The largest absolute Gasteiger partial charge is 0.338 e. The van der Waals surface area contributed by atoms with E-state index in [1.165, 1.54) is 0 Å². The van der Waals surface area contributed by atoms with Gasteiger partial charge in [-0.1, -0.05) is 29.4 Å². The quantitative estimate of drug-likeness (QED) is 0.917. The molecule has 0 saturated carbocycles. The molecule has 7 heteroatoms. The number of aromatic nitrogens is 2. The summed E-state index contributed by atoms with van der Waals surface area (Å²) in [6.07, 6.45) is 0.640. The van der Waals surface area contributed by atoms with E-state index < -0.39 is 9.84 Å². The zero-order chi connectivity index (χ0) is 14.9. The first-order chi connectivity index (χ1) is 10.0. The molecule has 0 amide bonds. The van der Waals surface area contributed by atoms with Gasteiger partial charge in [0.05, 0.1) is 18.1 Å². The van der Waals surface area contributed by atoms with Gasteiger partial charge in [-0.3, -0.25) is 0 Å². The van der Waals surface area contributed by atoms with Crippen LogP contribution in [0.25, 0.3) is 11.4 Å². The van der Waals surface area contributed by atoms with Crippen LogP contribution in [0.5, 0.6) is 0 Å². The molecule has 2 heterocycles. The molecule has 0 bridgehead atoms. The predicted molar refractivity (Wildman–Crippen MR) is 78.4 cm³/mol. The lowest BCUT2D eigenvalue weighted by Gasteiger charge is -2.07. The average Bonchev–Trinajstić information content (AvgIpc) is 3.03. The Morgan fingerprint density at radius 3 is 2.90 bits per heavy atom. The van der Waals surface area contributed by atoms with Gasteiger partial charge in [0.25, 0.3) is 0 Å². The summed E-state index contributed by atoms with van der Waals surface area (Å²) in [5, 5.41) is 7.13. The summed E-state index contributed by atoms with van der Waals surface area (Å²) in [5.74, 6) is 1.47. The van der Waals surface area contributed by atoms with Gasteiger partial charge in [-0.2, -0.15) is 4.98 Å². The standard InChI is InChI=1S/C14H17N3O3S/c1-10-4-2-3-5-12(10)14-16-13(20-17-14)8-15-11-6-7-21(18,19)9-11/h2-5,11,15H,6-9H2,1H3/t11-/m1/s1. The van der Waals surface area contributed by atoms with Crippen molar-refractivity contribution in [3.63, 3.8) is 0 Å². The van der Waals surface area contributed by atoms with E-state index in [9.17, 15) is 8.42 Å². The van der Waals surface area contributed by atoms with E-state index in [0.717, 1.165) is 11.1 Å². The fraction of sp³-hybridized carbons (Fsp3) is 0.429. The van der Waals surface area contributed by atoms with Crippen molar-refractivity contribution in [2.45, 2.75) is 25.9 Å². The van der Waals surface area contributed by atoms with E-state index in [-0.39, 0.29) is 17.5 Å². The highest BCUT2D eigenvalue weighted by Crippen LogP contribution is 2.20. The first-order valence-corrected chi connectivity index (χ1v) is 8.68. The summed E-state index contributed by atoms with van der Waals surface area (Å²) in [6, 6.07) is 7.80. The Bertz CT molecular complexity index is 739. The van der Waals surface area contributed by atoms with E-state index in [1.807, 2.05) is 31.2 Å². The molecule has 3 rings (SSSR count). The van der Waals surface area contributed by atoms with Crippen LogP contribution in [0.3, 0.4) is 0 Å². The van der Waals surface area contributed by atoms with Crippen LogP contribution < -0.4 is 5.32 Å². The fourth-order valence-electron chi connectivity index (χ4n) is 2.45. The molecular formula is C14H17N3O3S. The van der Waals surface area contributed by atoms with E-state index in [2.05, 4.69) is 15.5 Å². The lowest BCUT2D eigenvalue weighted by molar-refractivity contribution is 0.360. The zero-order valence-corrected chi connectivity index (χ0v) is 12.6. The Morgan fingerprint density at radius 2 is 2.19 bits per heavy atom. The van der Waals surface area contributed by atoms with Gasteiger partial charge >= 0.3 is 0 Å². The first kappa shape index (κ1) is 14.2. The van der Waals surface area contributed by atoms with Crippen molar-refractivity contribution in [3.05, 3.63) is 35.7 Å². The maximum atomic E-state index is 11.4. The van der Waals surface area contributed by atoms with Crippen LogP contribution in [0.15, 0.2) is 28.8 Å². The van der Waals surface area contributed by atoms with Crippen LogP contribution in [0.2, 0.25) is 0 Å². The minimum atomic E-state index is -2.87. The highest BCUT2D eigenvalue weighted by Gasteiger charge is 2.27. The van der Waals surface area contributed by atoms with E-state index >= 15 is 0 Å². The number of aryl methyl sites for hydroxylation is 1. The first-order valence-electron chi connectivity index (χ1n) is 6.86. The third-order valence-corrected chi connectivity index (χ3v) is 5.40. The third-order valence-electron chi connectivity index (χ3n) is 3.63. The van der Waals surface area contributed by atoms with Gasteiger partial charge in [-0.05, 0) is 18.9 Å². The van der Waals surface area contributed by atoms with E-state index in [1.54, 1.807) is 0 Å². The summed E-state index contributed by atoms with van der Waals surface area (Å²) < 4.78 is 28.0. The third kappa shape index (κ3) is 3.30. The second kappa shape index (κ2) is 5.57. The summed E-state index contributed by atoms with van der Waals surface area (Å²) in [4.78, 5) is 4.35. The summed E-state index contributed by atoms with van der Waals surface area (Å²) in [6.45, 7) is 2.38. The second-order valence-corrected chi connectivity index (χ2v) is 7.54. The molecular weight excluding hydrogens is 290 g/mol. The monoisotopic (exact) mass is 307 g/mol. The van der Waals surface area contributed by atoms with Crippen molar-refractivity contribution in [1.29, 1.82) is 0 Å². The molecule has 2 aromatic rings. The molecule has 112 valence electrons. The molecule has 1 aliphatic rings. The normalized spacial score (nSPS) is 20.7. The van der Waals surface area contributed by atoms with E-state index in [0.29, 0.717) is 24.7 Å². The minimum Gasteiger partial charge on any atom is -0.338 e. The number of nitrogens with zero attached hydrogens (tertiary/aromatic N) is 2. The van der Waals surface area contributed by atoms with Crippen LogP contribution in [0.1, 0.15) is 17.9 Å². The summed E-state index contributed by atoms with van der Waals surface area (Å²) in [7, 11) is -2.87. The van der Waals surface area contributed by atoms with E-state index in [4.69, 9.17) is 4.52 Å². The zero-order valence-electron chi connectivity index (χ0n) is 11.7. The Labute approximate surface area is 123 Å². The Morgan fingerprint density at radius 1 is 1.38 bits per heavy atom. The van der Waals surface area contributed by atoms with Crippen molar-refractivity contribution >= 4 is 9.84 Å². The Kier molecular flexibility index (Phi) is 3.77. The van der Waals surface area contributed by atoms with Gasteiger partial charge in [-0.15, -0.1) is 0 Å². The summed E-state index contributed by atoms with van der Waals surface area (Å²) in [5.41, 5.74) is 2.02. The molecule has 1 fully saturated rings. The maximum absolute atomic E-state index is 11.4. The second-order valence-electron chi connectivity index (χ2n) is 5.31. The topological polar surface area (TPSA) is 85.1 Å². The van der Waals surface area contributed by atoms with Gasteiger partial charge in [-0.25, -0.2) is 8.42 Å². The average molecular weight is 307 g/mol. The van der Waals surface area contributed by atoms with Crippen LogP contribution in [0.4, 0.5) is 0 Å². The molecule has 0 aliphatic carbocycles. The SMILES string of the molecule is Cc1ccccc1-c1noc(CN[C@@H]2CCS(=O)(=O)C2)n1. The van der Waals surface area contributed by atoms with Gasteiger partial charge in [0, 0.05) is 11.6 Å². The molecule has 0 unspecified atom stereocenters. The van der Waals surface area contributed by atoms with Crippen LogP contribution in [0, 0.1) is 6.92 Å². The van der Waals surface area contributed by atoms with Gasteiger partial charge in [0.15, 0.2) is 9.84 Å². The van der Waals surface area contributed by atoms with Crippen LogP contribution >= 0.6 is 0 Å². The minimum absolute atomic E-state index is 0.0242. The number of rotatable bonds is 4. The van der Waals surface area contributed by atoms with Crippen molar-refractivity contribution in [1.82, 2.24) is 15.5 Å². The Hall–Kier alpha value is -1.73. The number of hydrogen-bond acceptors (Lipinski definition) is 6. The molecule has 21 heavy (non-hydrogen) atoms. The number of hydrogen-bond donors (Lipinski definition) is 1.